The fraction of sp³-hybridized carbons (Fsp3) is 0.190. The Bertz CT molecular complexity index is 904. The van der Waals surface area contributed by atoms with Crippen LogP contribution in [0.15, 0.2) is 66.9 Å². The summed E-state index contributed by atoms with van der Waals surface area (Å²) in [5.74, 6) is 0.855. The molecule has 0 aliphatic heterocycles. The first-order valence-electron chi connectivity index (χ1n) is 8.88. The van der Waals surface area contributed by atoms with E-state index >= 15 is 0 Å². The number of hydrogen-bond acceptors (Lipinski definition) is 5. The standard InChI is InChI=1S/C21H21FN4O2/c1-26(15-16-5-3-2-4-6-16)20(27)12-14-24-21-23-13-11-19(25-21)28-18-9-7-17(22)8-10-18/h2-11,13H,12,14-15H2,1H3,(H,23,24,25). The quantitative estimate of drug-likeness (QED) is 0.643. The van der Waals surface area contributed by atoms with Gasteiger partial charge < -0.3 is 15.0 Å². The van der Waals surface area contributed by atoms with E-state index in [0.29, 0.717) is 37.1 Å². The van der Waals surface area contributed by atoms with E-state index in [4.69, 9.17) is 4.74 Å². The molecule has 28 heavy (non-hydrogen) atoms. The number of nitrogens with zero attached hydrogens (tertiary/aromatic N) is 3. The Morgan fingerprint density at radius 3 is 2.61 bits per heavy atom. The van der Waals surface area contributed by atoms with Gasteiger partial charge in [0.1, 0.15) is 11.6 Å². The smallest absolute Gasteiger partial charge is 0.225 e. The molecule has 1 heterocycles. The lowest BCUT2D eigenvalue weighted by Gasteiger charge is -2.17. The largest absolute Gasteiger partial charge is 0.439 e. The molecular weight excluding hydrogens is 359 g/mol. The van der Waals surface area contributed by atoms with Crippen molar-refractivity contribution in [3.05, 3.63) is 78.2 Å². The molecule has 144 valence electrons. The van der Waals surface area contributed by atoms with E-state index in [0.717, 1.165) is 5.56 Å². The van der Waals surface area contributed by atoms with Gasteiger partial charge in [0.05, 0.1) is 0 Å². The summed E-state index contributed by atoms with van der Waals surface area (Å²) in [4.78, 5) is 22.3. The summed E-state index contributed by atoms with van der Waals surface area (Å²) in [5, 5.41) is 3.02. The molecule has 0 unspecified atom stereocenters. The van der Waals surface area contributed by atoms with Crippen molar-refractivity contribution >= 4 is 11.9 Å². The van der Waals surface area contributed by atoms with Crippen LogP contribution in [-0.4, -0.2) is 34.4 Å². The van der Waals surface area contributed by atoms with Crippen molar-refractivity contribution in [3.8, 4) is 11.6 Å². The second-order valence-electron chi connectivity index (χ2n) is 6.19. The van der Waals surface area contributed by atoms with Crippen molar-refractivity contribution < 1.29 is 13.9 Å². The van der Waals surface area contributed by atoms with Crippen LogP contribution < -0.4 is 10.1 Å². The first kappa shape index (κ1) is 19.3. The second-order valence-corrected chi connectivity index (χ2v) is 6.19. The van der Waals surface area contributed by atoms with E-state index in [-0.39, 0.29) is 11.7 Å². The summed E-state index contributed by atoms with van der Waals surface area (Å²) in [6.07, 6.45) is 1.87. The number of amides is 1. The maximum atomic E-state index is 13.0. The average Bonchev–Trinajstić information content (AvgIpc) is 2.71. The predicted octanol–water partition coefficient (Wildman–Crippen LogP) is 3.87. The van der Waals surface area contributed by atoms with E-state index in [9.17, 15) is 9.18 Å². The van der Waals surface area contributed by atoms with Crippen molar-refractivity contribution in [2.45, 2.75) is 13.0 Å². The molecule has 0 saturated carbocycles. The van der Waals surface area contributed by atoms with Crippen LogP contribution in [0.4, 0.5) is 10.3 Å². The van der Waals surface area contributed by atoms with Gasteiger partial charge in [-0.25, -0.2) is 9.37 Å². The first-order valence-corrected chi connectivity index (χ1v) is 8.88. The van der Waals surface area contributed by atoms with Gasteiger partial charge in [0.2, 0.25) is 17.7 Å². The minimum Gasteiger partial charge on any atom is -0.439 e. The lowest BCUT2D eigenvalue weighted by molar-refractivity contribution is -0.130. The van der Waals surface area contributed by atoms with Gasteiger partial charge in [-0.05, 0) is 29.8 Å². The summed E-state index contributed by atoms with van der Waals surface area (Å²) in [7, 11) is 1.78. The number of nitrogens with one attached hydrogen (secondary N) is 1. The van der Waals surface area contributed by atoms with Crippen molar-refractivity contribution in [1.29, 1.82) is 0 Å². The van der Waals surface area contributed by atoms with Gasteiger partial charge in [-0.3, -0.25) is 4.79 Å². The van der Waals surface area contributed by atoms with Gasteiger partial charge >= 0.3 is 0 Å². The third-order valence-electron chi connectivity index (χ3n) is 3.98. The van der Waals surface area contributed by atoms with Gasteiger partial charge in [-0.2, -0.15) is 4.98 Å². The molecule has 0 aliphatic carbocycles. The highest BCUT2D eigenvalue weighted by Gasteiger charge is 2.09. The Balaban J connectivity index is 1.48. The molecule has 1 N–H and O–H groups in total. The molecule has 0 fully saturated rings. The Hall–Kier alpha value is -3.48. The minimum atomic E-state index is -0.334. The summed E-state index contributed by atoms with van der Waals surface area (Å²) in [6.45, 7) is 0.967. The molecule has 7 heteroatoms. The Morgan fingerprint density at radius 2 is 1.86 bits per heavy atom. The fourth-order valence-corrected chi connectivity index (χ4v) is 2.53. The SMILES string of the molecule is CN(Cc1ccccc1)C(=O)CCNc1nccc(Oc2ccc(F)cc2)n1. The Kier molecular flexibility index (Phi) is 6.51. The fourth-order valence-electron chi connectivity index (χ4n) is 2.53. The highest BCUT2D eigenvalue weighted by atomic mass is 19.1. The normalized spacial score (nSPS) is 10.4. The zero-order chi connectivity index (χ0) is 19.8. The van der Waals surface area contributed by atoms with Gasteiger partial charge in [0.25, 0.3) is 0 Å². The molecule has 0 radical (unpaired) electrons. The number of halogens is 1. The maximum absolute atomic E-state index is 13.0. The summed E-state index contributed by atoms with van der Waals surface area (Å²) in [6, 6.07) is 17.1. The number of benzene rings is 2. The number of aromatic nitrogens is 2. The number of rotatable bonds is 8. The molecule has 1 aromatic heterocycles. The van der Waals surface area contributed by atoms with Gasteiger partial charge in [-0.15, -0.1) is 0 Å². The predicted molar refractivity (Wildman–Crippen MR) is 105 cm³/mol. The lowest BCUT2D eigenvalue weighted by atomic mass is 10.2. The van der Waals surface area contributed by atoms with Gasteiger partial charge in [-0.1, -0.05) is 30.3 Å². The molecule has 1 amide bonds. The van der Waals surface area contributed by atoms with E-state index in [2.05, 4.69) is 15.3 Å². The highest BCUT2D eigenvalue weighted by Crippen LogP contribution is 2.19. The summed E-state index contributed by atoms with van der Waals surface area (Å²) >= 11 is 0. The van der Waals surface area contributed by atoms with Crippen molar-refractivity contribution in [1.82, 2.24) is 14.9 Å². The third-order valence-corrected chi connectivity index (χ3v) is 3.98. The van der Waals surface area contributed by atoms with Gasteiger partial charge in [0, 0.05) is 38.8 Å². The number of carbonyl (C=O) groups is 1. The van der Waals surface area contributed by atoms with Crippen molar-refractivity contribution in [2.75, 3.05) is 18.9 Å². The monoisotopic (exact) mass is 380 g/mol. The molecule has 0 bridgehead atoms. The molecule has 6 nitrogen and oxygen atoms in total. The minimum absolute atomic E-state index is 0.0232. The van der Waals surface area contributed by atoms with Crippen LogP contribution in [0.25, 0.3) is 0 Å². The zero-order valence-electron chi connectivity index (χ0n) is 15.5. The molecule has 0 aliphatic rings. The number of anilines is 1. The lowest BCUT2D eigenvalue weighted by Crippen LogP contribution is -2.27. The molecule has 3 aromatic rings. The molecular formula is C21H21FN4O2. The van der Waals surface area contributed by atoms with E-state index in [1.54, 1.807) is 24.2 Å². The molecule has 0 spiro atoms. The third kappa shape index (κ3) is 5.77. The zero-order valence-corrected chi connectivity index (χ0v) is 15.5. The molecule has 0 saturated heterocycles. The maximum Gasteiger partial charge on any atom is 0.225 e. The number of carbonyl (C=O) groups excluding carboxylic acids is 1. The number of hydrogen-bond donors (Lipinski definition) is 1. The van der Waals surface area contributed by atoms with Crippen LogP contribution in [0.3, 0.4) is 0 Å². The number of ether oxygens (including phenoxy) is 1. The molecule has 2 aromatic carbocycles. The van der Waals surface area contributed by atoms with Crippen LogP contribution in [0.1, 0.15) is 12.0 Å². The van der Waals surface area contributed by atoms with Crippen LogP contribution in [0.2, 0.25) is 0 Å². The van der Waals surface area contributed by atoms with E-state index in [1.165, 1.54) is 24.3 Å². The van der Waals surface area contributed by atoms with Crippen LogP contribution in [0.5, 0.6) is 11.6 Å². The van der Waals surface area contributed by atoms with Crippen molar-refractivity contribution in [2.24, 2.45) is 0 Å². The average molecular weight is 380 g/mol. The van der Waals surface area contributed by atoms with Crippen LogP contribution in [0, 0.1) is 5.82 Å². The van der Waals surface area contributed by atoms with Gasteiger partial charge in [0.15, 0.2) is 0 Å². The first-order chi connectivity index (χ1) is 13.6. The highest BCUT2D eigenvalue weighted by molar-refractivity contribution is 5.76. The van der Waals surface area contributed by atoms with Crippen LogP contribution in [-0.2, 0) is 11.3 Å². The Labute approximate surface area is 163 Å². The summed E-state index contributed by atoms with van der Waals surface area (Å²) < 4.78 is 18.5. The molecule has 0 atom stereocenters. The Morgan fingerprint density at radius 1 is 1.11 bits per heavy atom. The van der Waals surface area contributed by atoms with E-state index < -0.39 is 0 Å². The topological polar surface area (TPSA) is 67.4 Å². The second kappa shape index (κ2) is 9.45. The summed E-state index contributed by atoms with van der Waals surface area (Å²) in [5.41, 5.74) is 1.08. The van der Waals surface area contributed by atoms with Crippen molar-refractivity contribution in [3.63, 3.8) is 0 Å². The van der Waals surface area contributed by atoms with Crippen LogP contribution >= 0.6 is 0 Å². The molecule has 3 rings (SSSR count). The van der Waals surface area contributed by atoms with E-state index in [1.807, 2.05) is 30.3 Å².